The van der Waals surface area contributed by atoms with Crippen LogP contribution in [0.1, 0.15) is 37.3 Å². The molecule has 0 aliphatic carbocycles. The predicted octanol–water partition coefficient (Wildman–Crippen LogP) is 3.05. The third-order valence-electron chi connectivity index (χ3n) is 4.38. The van der Waals surface area contributed by atoms with Crippen LogP contribution in [0.25, 0.3) is 0 Å². The van der Waals surface area contributed by atoms with Crippen molar-refractivity contribution in [1.82, 2.24) is 4.90 Å². The summed E-state index contributed by atoms with van der Waals surface area (Å²) in [6.45, 7) is 7.41. The minimum Gasteiger partial charge on any atom is -0.385 e. The first kappa shape index (κ1) is 13.9. The summed E-state index contributed by atoms with van der Waals surface area (Å²) in [4.78, 5) is 2.54. The zero-order valence-electron chi connectivity index (χ0n) is 12.5. The molecule has 2 heterocycles. The summed E-state index contributed by atoms with van der Waals surface area (Å²) >= 11 is 0. The van der Waals surface area contributed by atoms with E-state index in [0.29, 0.717) is 6.10 Å². The Kier molecular flexibility index (Phi) is 4.58. The van der Waals surface area contributed by atoms with Gasteiger partial charge in [0.2, 0.25) is 0 Å². The average molecular weight is 274 g/mol. The summed E-state index contributed by atoms with van der Waals surface area (Å²) < 4.78 is 5.79. The Morgan fingerprint density at radius 3 is 3.20 bits per heavy atom. The zero-order valence-corrected chi connectivity index (χ0v) is 12.5. The van der Waals surface area contributed by atoms with E-state index in [4.69, 9.17) is 4.74 Å². The molecule has 0 aromatic heterocycles. The molecule has 1 unspecified atom stereocenters. The van der Waals surface area contributed by atoms with Crippen molar-refractivity contribution in [3.05, 3.63) is 29.3 Å². The average Bonchev–Trinajstić information content (AvgIpc) is 2.48. The van der Waals surface area contributed by atoms with Gasteiger partial charge < -0.3 is 10.1 Å². The van der Waals surface area contributed by atoms with E-state index in [1.54, 1.807) is 0 Å². The summed E-state index contributed by atoms with van der Waals surface area (Å²) in [5, 5.41) is 3.48. The third-order valence-corrected chi connectivity index (χ3v) is 4.38. The number of piperidine rings is 1. The number of rotatable bonds is 4. The number of nitrogens with one attached hydrogen (secondary N) is 1. The molecule has 1 fully saturated rings. The van der Waals surface area contributed by atoms with Gasteiger partial charge in [-0.3, -0.25) is 4.90 Å². The van der Waals surface area contributed by atoms with Crippen molar-refractivity contribution in [3.63, 3.8) is 0 Å². The van der Waals surface area contributed by atoms with Gasteiger partial charge in [-0.05, 0) is 56.3 Å². The number of likely N-dealkylation sites (tertiary alicyclic amines) is 1. The first-order chi connectivity index (χ1) is 9.85. The predicted molar refractivity (Wildman–Crippen MR) is 83.2 cm³/mol. The monoisotopic (exact) mass is 274 g/mol. The number of anilines is 1. The highest BCUT2D eigenvalue weighted by Crippen LogP contribution is 2.24. The highest BCUT2D eigenvalue weighted by molar-refractivity contribution is 5.54. The number of hydrogen-bond donors (Lipinski definition) is 1. The lowest BCUT2D eigenvalue weighted by Crippen LogP contribution is -2.39. The van der Waals surface area contributed by atoms with Crippen LogP contribution < -0.4 is 5.32 Å². The van der Waals surface area contributed by atoms with E-state index in [1.807, 2.05) is 0 Å². The molecule has 110 valence electrons. The standard InChI is InChI=1S/C17H26N2O/c1-2-20-16-6-4-10-19(13-16)12-14-7-8-17-15(11-14)5-3-9-18-17/h7-8,11,16,18H,2-6,9-10,12-13H2,1H3. The van der Waals surface area contributed by atoms with Crippen LogP contribution in [-0.4, -0.2) is 37.2 Å². The Labute approximate surface area is 122 Å². The molecule has 0 amide bonds. The van der Waals surface area contributed by atoms with Crippen LogP contribution in [-0.2, 0) is 17.7 Å². The van der Waals surface area contributed by atoms with Crippen molar-refractivity contribution in [3.8, 4) is 0 Å². The molecule has 0 bridgehead atoms. The number of nitrogens with zero attached hydrogens (tertiary/aromatic N) is 1. The summed E-state index contributed by atoms with van der Waals surface area (Å²) in [5.74, 6) is 0. The summed E-state index contributed by atoms with van der Waals surface area (Å²) in [6.07, 6.45) is 5.40. The van der Waals surface area contributed by atoms with Crippen molar-refractivity contribution >= 4 is 5.69 Å². The number of aryl methyl sites for hydroxylation is 1. The SMILES string of the molecule is CCOC1CCCN(Cc2ccc3c(c2)CCCN3)C1. The molecule has 3 nitrogen and oxygen atoms in total. The summed E-state index contributed by atoms with van der Waals surface area (Å²) in [6, 6.07) is 6.93. The van der Waals surface area contributed by atoms with Crippen LogP contribution in [0.5, 0.6) is 0 Å². The third kappa shape index (κ3) is 3.33. The fourth-order valence-corrected chi connectivity index (χ4v) is 3.41. The van der Waals surface area contributed by atoms with Crippen molar-refractivity contribution in [2.24, 2.45) is 0 Å². The van der Waals surface area contributed by atoms with E-state index in [1.165, 1.54) is 49.0 Å². The van der Waals surface area contributed by atoms with E-state index in [9.17, 15) is 0 Å². The molecule has 0 radical (unpaired) electrons. The maximum Gasteiger partial charge on any atom is 0.0702 e. The van der Waals surface area contributed by atoms with Gasteiger partial charge >= 0.3 is 0 Å². The number of hydrogen-bond acceptors (Lipinski definition) is 3. The highest BCUT2D eigenvalue weighted by Gasteiger charge is 2.20. The molecule has 3 heteroatoms. The van der Waals surface area contributed by atoms with Crippen LogP contribution in [0.4, 0.5) is 5.69 Å². The quantitative estimate of drug-likeness (QED) is 0.913. The number of benzene rings is 1. The molecule has 1 aromatic carbocycles. The molecule has 0 spiro atoms. The van der Waals surface area contributed by atoms with Crippen molar-refractivity contribution in [1.29, 1.82) is 0 Å². The molecule has 1 saturated heterocycles. The maximum atomic E-state index is 5.79. The van der Waals surface area contributed by atoms with Crippen molar-refractivity contribution < 1.29 is 4.74 Å². The minimum atomic E-state index is 0.438. The van der Waals surface area contributed by atoms with E-state index >= 15 is 0 Å². The lowest BCUT2D eigenvalue weighted by atomic mass is 10.00. The smallest absolute Gasteiger partial charge is 0.0702 e. The minimum absolute atomic E-state index is 0.438. The van der Waals surface area contributed by atoms with Crippen molar-refractivity contribution in [2.45, 2.75) is 45.3 Å². The Hall–Kier alpha value is -1.06. The van der Waals surface area contributed by atoms with Gasteiger partial charge in [-0.1, -0.05) is 12.1 Å². The first-order valence-corrected chi connectivity index (χ1v) is 8.05. The Bertz CT molecular complexity index is 445. The molecule has 2 aliphatic rings. The van der Waals surface area contributed by atoms with Gasteiger partial charge in [0.25, 0.3) is 0 Å². The maximum absolute atomic E-state index is 5.79. The van der Waals surface area contributed by atoms with E-state index in [-0.39, 0.29) is 0 Å². The van der Waals surface area contributed by atoms with Crippen LogP contribution in [0.3, 0.4) is 0 Å². The second kappa shape index (κ2) is 6.59. The topological polar surface area (TPSA) is 24.5 Å². The van der Waals surface area contributed by atoms with Crippen LogP contribution >= 0.6 is 0 Å². The molecule has 20 heavy (non-hydrogen) atoms. The molecule has 3 rings (SSSR count). The van der Waals surface area contributed by atoms with Gasteiger partial charge in [-0.15, -0.1) is 0 Å². The molecular weight excluding hydrogens is 248 g/mol. The normalized spacial score (nSPS) is 23.1. The van der Waals surface area contributed by atoms with Gasteiger partial charge in [0.05, 0.1) is 6.10 Å². The van der Waals surface area contributed by atoms with E-state index < -0.39 is 0 Å². The Morgan fingerprint density at radius 1 is 1.35 bits per heavy atom. The lowest BCUT2D eigenvalue weighted by Gasteiger charge is -2.32. The molecular formula is C17H26N2O. The molecule has 1 N–H and O–H groups in total. The van der Waals surface area contributed by atoms with Gasteiger partial charge in [0.15, 0.2) is 0 Å². The van der Waals surface area contributed by atoms with Crippen LogP contribution in [0, 0.1) is 0 Å². The molecule has 1 atom stereocenters. The molecule has 0 saturated carbocycles. The number of fused-ring (bicyclic) bond motifs is 1. The highest BCUT2D eigenvalue weighted by atomic mass is 16.5. The van der Waals surface area contributed by atoms with Gasteiger partial charge in [0, 0.05) is 31.9 Å². The molecule has 1 aromatic rings. The van der Waals surface area contributed by atoms with E-state index in [2.05, 4.69) is 35.3 Å². The van der Waals surface area contributed by atoms with Crippen LogP contribution in [0.2, 0.25) is 0 Å². The fourth-order valence-electron chi connectivity index (χ4n) is 3.41. The summed E-state index contributed by atoms with van der Waals surface area (Å²) in [7, 11) is 0. The number of ether oxygens (including phenoxy) is 1. The Morgan fingerprint density at radius 2 is 2.30 bits per heavy atom. The van der Waals surface area contributed by atoms with Gasteiger partial charge in [0.1, 0.15) is 0 Å². The fraction of sp³-hybridized carbons (Fsp3) is 0.647. The van der Waals surface area contributed by atoms with Gasteiger partial charge in [-0.2, -0.15) is 0 Å². The van der Waals surface area contributed by atoms with E-state index in [0.717, 1.165) is 26.2 Å². The summed E-state index contributed by atoms with van der Waals surface area (Å²) in [5.41, 5.74) is 4.28. The second-order valence-corrected chi connectivity index (χ2v) is 5.98. The molecule has 2 aliphatic heterocycles. The Balaban J connectivity index is 1.62. The largest absolute Gasteiger partial charge is 0.385 e. The zero-order chi connectivity index (χ0) is 13.8. The first-order valence-electron chi connectivity index (χ1n) is 8.05. The lowest BCUT2D eigenvalue weighted by molar-refractivity contribution is 0.00363. The van der Waals surface area contributed by atoms with Crippen LogP contribution in [0.15, 0.2) is 18.2 Å². The van der Waals surface area contributed by atoms with Crippen molar-refractivity contribution in [2.75, 3.05) is 31.6 Å². The van der Waals surface area contributed by atoms with Gasteiger partial charge in [-0.25, -0.2) is 0 Å². The second-order valence-electron chi connectivity index (χ2n) is 5.98.